The summed E-state index contributed by atoms with van der Waals surface area (Å²) in [4.78, 5) is 14.6. The second-order valence-corrected chi connectivity index (χ2v) is 8.05. The van der Waals surface area contributed by atoms with Crippen molar-refractivity contribution in [1.82, 2.24) is 4.90 Å². The molecule has 1 amide bonds. The molecule has 0 bridgehead atoms. The van der Waals surface area contributed by atoms with Gasteiger partial charge in [-0.1, -0.05) is 58.0 Å². The molecule has 8 heteroatoms. The Kier molecular flexibility index (Phi) is 7.98. The van der Waals surface area contributed by atoms with Gasteiger partial charge >= 0.3 is 0 Å². The highest BCUT2D eigenvalue weighted by Crippen LogP contribution is 2.47. The van der Waals surface area contributed by atoms with Gasteiger partial charge in [0.2, 0.25) is 5.91 Å². The van der Waals surface area contributed by atoms with Crippen LogP contribution in [0.25, 0.3) is 0 Å². The minimum Gasteiger partial charge on any atom is -0.337 e. The zero-order valence-electron chi connectivity index (χ0n) is 12.5. The van der Waals surface area contributed by atoms with Crippen LogP contribution in [0.2, 0.25) is 25.1 Å². The van der Waals surface area contributed by atoms with E-state index < -0.39 is 0 Å². The SMILES string of the molecule is CC(C)N(C(=O)CSc1c(Cl)c(Cl)c(Cl)c(Cl)c1Cl)C(C)C. The van der Waals surface area contributed by atoms with Gasteiger partial charge in [0.1, 0.15) is 0 Å². The molecular formula is C14H16Cl5NOS. The first kappa shape index (κ1) is 20.5. The molecular weight excluding hydrogens is 407 g/mol. The van der Waals surface area contributed by atoms with Crippen LogP contribution in [0, 0.1) is 0 Å². The summed E-state index contributed by atoms with van der Waals surface area (Å²) in [5, 5.41) is 0.800. The lowest BCUT2D eigenvalue weighted by Gasteiger charge is -2.30. The average molecular weight is 424 g/mol. The summed E-state index contributed by atoms with van der Waals surface area (Å²) in [5.74, 6) is 0.175. The van der Waals surface area contributed by atoms with Gasteiger partial charge in [-0.3, -0.25) is 4.79 Å². The van der Waals surface area contributed by atoms with Crippen LogP contribution in [0.3, 0.4) is 0 Å². The van der Waals surface area contributed by atoms with Gasteiger partial charge in [-0.2, -0.15) is 0 Å². The van der Waals surface area contributed by atoms with Gasteiger partial charge in [0, 0.05) is 17.0 Å². The molecule has 0 aliphatic carbocycles. The fourth-order valence-electron chi connectivity index (χ4n) is 2.09. The maximum atomic E-state index is 12.4. The van der Waals surface area contributed by atoms with Crippen molar-refractivity contribution in [2.45, 2.75) is 44.7 Å². The van der Waals surface area contributed by atoms with E-state index in [4.69, 9.17) is 58.0 Å². The normalized spacial score (nSPS) is 11.4. The lowest BCUT2D eigenvalue weighted by molar-refractivity contribution is -0.131. The fourth-order valence-corrected chi connectivity index (χ4v) is 4.54. The Bertz CT molecular complexity index is 540. The first-order chi connectivity index (χ1) is 10.1. The summed E-state index contributed by atoms with van der Waals surface area (Å²) in [6.45, 7) is 7.88. The average Bonchev–Trinajstić information content (AvgIpc) is 2.42. The molecule has 124 valence electrons. The zero-order valence-corrected chi connectivity index (χ0v) is 17.1. The number of hydrogen-bond acceptors (Lipinski definition) is 2. The number of hydrogen-bond donors (Lipinski definition) is 0. The number of carbonyl (C=O) groups excluding carboxylic acids is 1. The second kappa shape index (κ2) is 8.55. The van der Waals surface area contributed by atoms with Crippen molar-refractivity contribution in [3.05, 3.63) is 25.1 Å². The van der Waals surface area contributed by atoms with Gasteiger partial charge in [0.25, 0.3) is 0 Å². The Morgan fingerprint density at radius 1 is 0.864 bits per heavy atom. The molecule has 0 N–H and O–H groups in total. The van der Waals surface area contributed by atoms with Crippen LogP contribution in [0.5, 0.6) is 0 Å². The van der Waals surface area contributed by atoms with Crippen molar-refractivity contribution in [3.63, 3.8) is 0 Å². The molecule has 1 aromatic carbocycles. The van der Waals surface area contributed by atoms with Crippen LogP contribution in [0.4, 0.5) is 0 Å². The predicted octanol–water partition coefficient (Wildman–Crippen LogP) is 6.69. The minimum atomic E-state index is -0.00988. The summed E-state index contributed by atoms with van der Waals surface area (Å²) in [6.07, 6.45) is 0. The number of amides is 1. The lowest BCUT2D eigenvalue weighted by Crippen LogP contribution is -2.43. The number of halogens is 5. The molecule has 0 saturated carbocycles. The minimum absolute atomic E-state index is 0.00988. The number of rotatable bonds is 5. The van der Waals surface area contributed by atoms with Gasteiger partial charge in [-0.25, -0.2) is 0 Å². The molecule has 0 aliphatic heterocycles. The Morgan fingerprint density at radius 3 is 1.59 bits per heavy atom. The van der Waals surface area contributed by atoms with E-state index in [9.17, 15) is 4.79 Å². The maximum absolute atomic E-state index is 12.4. The van der Waals surface area contributed by atoms with E-state index in [1.807, 2.05) is 27.7 Å². The Labute approximate surface area is 160 Å². The zero-order chi connectivity index (χ0) is 17.2. The standard InChI is InChI=1S/C14H16Cl5NOS/c1-6(2)20(7(3)4)8(21)5-22-14-12(18)10(16)9(15)11(17)13(14)19/h6-7H,5H2,1-4H3. The van der Waals surface area contributed by atoms with E-state index in [1.165, 1.54) is 11.8 Å². The van der Waals surface area contributed by atoms with Crippen molar-refractivity contribution in [3.8, 4) is 0 Å². The van der Waals surface area contributed by atoms with Gasteiger partial charge in [0.05, 0.1) is 30.9 Å². The molecule has 0 aromatic heterocycles. The predicted molar refractivity (Wildman–Crippen MR) is 99.3 cm³/mol. The van der Waals surface area contributed by atoms with E-state index in [0.717, 1.165) is 0 Å². The van der Waals surface area contributed by atoms with Crippen molar-refractivity contribution >= 4 is 75.7 Å². The third-order valence-electron chi connectivity index (χ3n) is 2.91. The number of benzene rings is 1. The lowest BCUT2D eigenvalue weighted by atomic mass is 10.2. The highest BCUT2D eigenvalue weighted by Gasteiger charge is 2.23. The molecule has 0 atom stereocenters. The topological polar surface area (TPSA) is 20.3 Å². The molecule has 0 aliphatic rings. The van der Waals surface area contributed by atoms with Crippen molar-refractivity contribution in [1.29, 1.82) is 0 Å². The Morgan fingerprint density at radius 2 is 1.23 bits per heavy atom. The van der Waals surface area contributed by atoms with Gasteiger partial charge < -0.3 is 4.90 Å². The van der Waals surface area contributed by atoms with Crippen LogP contribution in [-0.2, 0) is 4.79 Å². The van der Waals surface area contributed by atoms with Crippen LogP contribution in [-0.4, -0.2) is 28.6 Å². The number of carbonyl (C=O) groups is 1. The largest absolute Gasteiger partial charge is 0.337 e. The number of nitrogens with zero attached hydrogens (tertiary/aromatic N) is 1. The molecule has 0 heterocycles. The monoisotopic (exact) mass is 421 g/mol. The Hall–Kier alpha value is 0.490. The quantitative estimate of drug-likeness (QED) is 0.299. The molecule has 0 saturated heterocycles. The molecule has 0 unspecified atom stereocenters. The maximum Gasteiger partial charge on any atom is 0.233 e. The summed E-state index contributed by atoms with van der Waals surface area (Å²) in [5.41, 5.74) is 0. The number of thioether (sulfide) groups is 1. The molecule has 1 rings (SSSR count). The van der Waals surface area contributed by atoms with Gasteiger partial charge in [-0.05, 0) is 27.7 Å². The van der Waals surface area contributed by atoms with E-state index in [-0.39, 0.29) is 48.9 Å². The molecule has 2 nitrogen and oxygen atoms in total. The second-order valence-electron chi connectivity index (χ2n) is 5.18. The van der Waals surface area contributed by atoms with E-state index >= 15 is 0 Å². The summed E-state index contributed by atoms with van der Waals surface area (Å²) in [6, 6.07) is 0.216. The third-order valence-corrected chi connectivity index (χ3v) is 6.50. The highest BCUT2D eigenvalue weighted by molar-refractivity contribution is 8.00. The third kappa shape index (κ3) is 4.52. The summed E-state index contributed by atoms with van der Waals surface area (Å²) < 4.78 is 0. The smallest absolute Gasteiger partial charge is 0.233 e. The first-order valence-corrected chi connectivity index (χ1v) is 9.42. The van der Waals surface area contributed by atoms with Crippen molar-refractivity contribution < 1.29 is 4.79 Å². The van der Waals surface area contributed by atoms with Gasteiger partial charge in [-0.15, -0.1) is 11.8 Å². The molecule has 0 spiro atoms. The Balaban J connectivity index is 3.01. The van der Waals surface area contributed by atoms with Crippen molar-refractivity contribution in [2.75, 3.05) is 5.75 Å². The molecule has 0 fully saturated rings. The summed E-state index contributed by atoms with van der Waals surface area (Å²) >= 11 is 31.5. The highest BCUT2D eigenvalue weighted by atomic mass is 35.5. The fraction of sp³-hybridized carbons (Fsp3) is 0.500. The van der Waals surface area contributed by atoms with E-state index in [2.05, 4.69) is 0 Å². The molecule has 1 aromatic rings. The van der Waals surface area contributed by atoms with Gasteiger partial charge in [0.15, 0.2) is 0 Å². The first-order valence-electron chi connectivity index (χ1n) is 6.54. The molecule has 22 heavy (non-hydrogen) atoms. The van der Waals surface area contributed by atoms with Crippen LogP contribution in [0.1, 0.15) is 27.7 Å². The van der Waals surface area contributed by atoms with Crippen LogP contribution < -0.4 is 0 Å². The van der Waals surface area contributed by atoms with E-state index in [1.54, 1.807) is 4.90 Å². The van der Waals surface area contributed by atoms with E-state index in [0.29, 0.717) is 4.90 Å². The summed E-state index contributed by atoms with van der Waals surface area (Å²) in [7, 11) is 0. The van der Waals surface area contributed by atoms with Crippen LogP contribution >= 0.6 is 69.8 Å². The van der Waals surface area contributed by atoms with Crippen LogP contribution in [0.15, 0.2) is 4.90 Å². The molecule has 0 radical (unpaired) electrons. The van der Waals surface area contributed by atoms with Crippen molar-refractivity contribution in [2.24, 2.45) is 0 Å².